The second-order valence-corrected chi connectivity index (χ2v) is 2.75. The van der Waals surface area contributed by atoms with Gasteiger partial charge in [-0.3, -0.25) is 9.59 Å². The Hall–Kier alpha value is -0.770. The van der Waals surface area contributed by atoms with Gasteiger partial charge < -0.3 is 9.47 Å². The summed E-state index contributed by atoms with van der Waals surface area (Å²) >= 11 is 5.30. The third-order valence-electron chi connectivity index (χ3n) is 1.23. The smallest absolute Gasteiger partial charge is 0.316 e. The highest BCUT2D eigenvalue weighted by atomic mass is 35.5. The van der Waals surface area contributed by atoms with Gasteiger partial charge in [-0.05, 0) is 6.42 Å². The first-order valence-electron chi connectivity index (χ1n) is 4.31. The molecular weight excluding hydrogens is 208 g/mol. The lowest BCUT2D eigenvalue weighted by Gasteiger charge is -1.95. The zero-order valence-electron chi connectivity index (χ0n) is 8.84. The van der Waals surface area contributed by atoms with E-state index in [1.54, 1.807) is 0 Å². The highest BCUT2D eigenvalue weighted by molar-refractivity contribution is 6.17. The van der Waals surface area contributed by atoms with Crippen molar-refractivity contribution in [3.8, 4) is 0 Å². The second kappa shape index (κ2) is 12.2. The molecule has 0 rings (SSSR count). The van der Waals surface area contributed by atoms with E-state index in [-0.39, 0.29) is 6.42 Å². The van der Waals surface area contributed by atoms with Gasteiger partial charge in [0.15, 0.2) is 0 Å². The van der Waals surface area contributed by atoms with Gasteiger partial charge in [-0.1, -0.05) is 13.3 Å². The number of carbonyl (C=O) groups is 2. The summed E-state index contributed by atoms with van der Waals surface area (Å²) in [6.45, 7) is 2.13. The molecule has 0 aromatic heterocycles. The van der Waals surface area contributed by atoms with Crippen LogP contribution in [0.3, 0.4) is 0 Å². The van der Waals surface area contributed by atoms with Gasteiger partial charge in [0.1, 0.15) is 6.42 Å². The summed E-state index contributed by atoms with van der Waals surface area (Å²) in [6, 6.07) is 0. The van der Waals surface area contributed by atoms with Crippen LogP contribution in [0.4, 0.5) is 0 Å². The molecule has 0 spiro atoms. The Morgan fingerprint density at radius 3 is 1.71 bits per heavy atom. The molecule has 0 amide bonds. The number of ether oxygens (including phenoxy) is 2. The zero-order chi connectivity index (χ0) is 11.4. The van der Waals surface area contributed by atoms with E-state index in [1.807, 2.05) is 0 Å². The molecular formula is C9H17ClO4. The van der Waals surface area contributed by atoms with Crippen LogP contribution >= 0.6 is 11.6 Å². The normalized spacial score (nSPS) is 8.29. The molecule has 0 aromatic carbocycles. The van der Waals surface area contributed by atoms with Gasteiger partial charge in [-0.2, -0.15) is 0 Å². The van der Waals surface area contributed by atoms with Crippen molar-refractivity contribution in [1.82, 2.24) is 0 Å². The maximum atomic E-state index is 10.3. The van der Waals surface area contributed by atoms with E-state index < -0.39 is 11.9 Å². The van der Waals surface area contributed by atoms with Crippen molar-refractivity contribution < 1.29 is 19.1 Å². The monoisotopic (exact) mass is 224 g/mol. The first kappa shape index (κ1) is 15.7. The molecule has 0 aliphatic rings. The van der Waals surface area contributed by atoms with E-state index in [0.717, 1.165) is 12.3 Å². The highest BCUT2D eigenvalue weighted by Gasteiger charge is 2.07. The van der Waals surface area contributed by atoms with Crippen molar-refractivity contribution in [3.63, 3.8) is 0 Å². The Morgan fingerprint density at radius 2 is 1.57 bits per heavy atom. The van der Waals surface area contributed by atoms with E-state index >= 15 is 0 Å². The van der Waals surface area contributed by atoms with Gasteiger partial charge in [0, 0.05) is 5.88 Å². The van der Waals surface area contributed by atoms with Gasteiger partial charge >= 0.3 is 11.9 Å². The molecule has 0 aliphatic heterocycles. The fraction of sp³-hybridized carbons (Fsp3) is 0.778. The van der Waals surface area contributed by atoms with Crippen LogP contribution in [-0.2, 0) is 19.1 Å². The zero-order valence-corrected chi connectivity index (χ0v) is 9.60. The predicted octanol–water partition coefficient (Wildman–Crippen LogP) is 1.75. The minimum Gasteiger partial charge on any atom is -0.469 e. The molecule has 0 aliphatic carbocycles. The number of hydrogen-bond donors (Lipinski definition) is 0. The molecule has 0 bridgehead atoms. The number of methoxy groups -OCH3 is 2. The lowest BCUT2D eigenvalue weighted by Crippen LogP contribution is -2.09. The molecule has 4 nitrogen and oxygen atoms in total. The number of rotatable bonds is 4. The summed E-state index contributed by atoms with van der Waals surface area (Å²) in [4.78, 5) is 20.5. The Kier molecular flexibility index (Phi) is 13.7. The predicted molar refractivity (Wildman–Crippen MR) is 54.3 cm³/mol. The third-order valence-corrected chi connectivity index (χ3v) is 1.50. The van der Waals surface area contributed by atoms with Crippen LogP contribution in [-0.4, -0.2) is 32.0 Å². The fourth-order valence-electron chi connectivity index (χ4n) is 0.396. The molecule has 14 heavy (non-hydrogen) atoms. The van der Waals surface area contributed by atoms with E-state index in [9.17, 15) is 9.59 Å². The molecule has 0 heterocycles. The molecule has 0 fully saturated rings. The second-order valence-electron chi connectivity index (χ2n) is 2.37. The lowest BCUT2D eigenvalue weighted by atomic mass is 10.4. The third kappa shape index (κ3) is 13.8. The van der Waals surface area contributed by atoms with Crippen molar-refractivity contribution in [2.24, 2.45) is 0 Å². The molecule has 84 valence electrons. The van der Waals surface area contributed by atoms with Crippen molar-refractivity contribution in [3.05, 3.63) is 0 Å². The number of hydrogen-bond acceptors (Lipinski definition) is 4. The van der Waals surface area contributed by atoms with Crippen LogP contribution in [0.1, 0.15) is 26.2 Å². The maximum Gasteiger partial charge on any atom is 0.316 e. The summed E-state index contributed by atoms with van der Waals surface area (Å²) < 4.78 is 8.37. The number of esters is 2. The molecule has 0 N–H and O–H groups in total. The molecule has 5 heteroatoms. The average molecular weight is 225 g/mol. The highest BCUT2D eigenvalue weighted by Crippen LogP contribution is 1.86. The SMILES string of the molecule is CCCCCl.COC(=O)CC(=O)OC. The van der Waals surface area contributed by atoms with Gasteiger partial charge in [-0.15, -0.1) is 11.6 Å². The summed E-state index contributed by atoms with van der Waals surface area (Å²) in [5.41, 5.74) is 0. The molecule has 0 saturated heterocycles. The average Bonchev–Trinajstić information content (AvgIpc) is 2.19. The number of unbranched alkanes of at least 4 members (excludes halogenated alkanes) is 1. The van der Waals surface area contributed by atoms with Gasteiger partial charge in [0.25, 0.3) is 0 Å². The maximum absolute atomic E-state index is 10.3. The van der Waals surface area contributed by atoms with Crippen molar-refractivity contribution in [2.75, 3.05) is 20.1 Å². The van der Waals surface area contributed by atoms with Gasteiger partial charge in [0.05, 0.1) is 14.2 Å². The fourth-order valence-corrected chi connectivity index (χ4v) is 0.663. The lowest BCUT2D eigenvalue weighted by molar-refractivity contribution is -0.151. The Morgan fingerprint density at radius 1 is 1.14 bits per heavy atom. The summed E-state index contributed by atoms with van der Waals surface area (Å²) in [5, 5.41) is 0. The number of alkyl halides is 1. The van der Waals surface area contributed by atoms with Crippen LogP contribution < -0.4 is 0 Å². The quantitative estimate of drug-likeness (QED) is 0.415. The van der Waals surface area contributed by atoms with E-state index in [1.165, 1.54) is 20.6 Å². The minimum atomic E-state index is -0.582. The van der Waals surface area contributed by atoms with Gasteiger partial charge in [-0.25, -0.2) is 0 Å². The number of carbonyl (C=O) groups excluding carboxylic acids is 2. The van der Waals surface area contributed by atoms with Crippen LogP contribution in [0.25, 0.3) is 0 Å². The van der Waals surface area contributed by atoms with E-state index in [4.69, 9.17) is 11.6 Å². The van der Waals surface area contributed by atoms with Crippen molar-refractivity contribution in [2.45, 2.75) is 26.2 Å². The molecule has 0 saturated carbocycles. The number of halogens is 1. The minimum absolute atomic E-state index is 0.312. The van der Waals surface area contributed by atoms with Crippen LogP contribution in [0.5, 0.6) is 0 Å². The van der Waals surface area contributed by atoms with Crippen LogP contribution in [0.15, 0.2) is 0 Å². The van der Waals surface area contributed by atoms with E-state index in [2.05, 4.69) is 16.4 Å². The largest absolute Gasteiger partial charge is 0.469 e. The topological polar surface area (TPSA) is 52.6 Å². The first-order valence-corrected chi connectivity index (χ1v) is 4.85. The van der Waals surface area contributed by atoms with E-state index in [0.29, 0.717) is 0 Å². The Bertz CT molecular complexity index is 143. The molecule has 0 radical (unpaired) electrons. The van der Waals surface area contributed by atoms with Gasteiger partial charge in [0.2, 0.25) is 0 Å². The Balaban J connectivity index is 0. The van der Waals surface area contributed by atoms with Crippen LogP contribution in [0, 0.1) is 0 Å². The Labute approximate surface area is 89.5 Å². The van der Waals surface area contributed by atoms with Crippen molar-refractivity contribution >= 4 is 23.5 Å². The molecule has 0 atom stereocenters. The van der Waals surface area contributed by atoms with Crippen LogP contribution in [0.2, 0.25) is 0 Å². The summed E-state index contributed by atoms with van der Waals surface area (Å²) in [7, 11) is 2.43. The summed E-state index contributed by atoms with van der Waals surface area (Å²) in [6.07, 6.45) is 2.05. The summed E-state index contributed by atoms with van der Waals surface area (Å²) in [5.74, 6) is -0.347. The molecule has 0 unspecified atom stereocenters. The standard InChI is InChI=1S/C5H8O4.C4H9Cl/c1-8-4(6)3-5(7)9-2;1-2-3-4-5/h3H2,1-2H3;2-4H2,1H3. The molecule has 0 aromatic rings. The first-order chi connectivity index (χ1) is 6.62. The van der Waals surface area contributed by atoms with Crippen molar-refractivity contribution in [1.29, 1.82) is 0 Å².